The number of nitrogens with zero attached hydrogens (tertiary/aromatic N) is 2. The summed E-state index contributed by atoms with van der Waals surface area (Å²) in [6, 6.07) is -0.0424. The average molecular weight is 215 g/mol. The van der Waals surface area contributed by atoms with Gasteiger partial charge in [-0.15, -0.1) is 0 Å². The minimum absolute atomic E-state index is 0.00944. The number of halogens is 2. The Morgan fingerprint density at radius 1 is 1.53 bits per heavy atom. The molecule has 1 aliphatic carbocycles. The predicted octanol–water partition coefficient (Wildman–Crippen LogP) is 1.81. The van der Waals surface area contributed by atoms with Gasteiger partial charge in [-0.1, -0.05) is 13.8 Å². The molecule has 0 spiro atoms. The van der Waals surface area contributed by atoms with Crippen molar-refractivity contribution >= 4 is 0 Å². The van der Waals surface area contributed by atoms with E-state index in [2.05, 4.69) is 5.10 Å². The number of nitrogens with two attached hydrogens (primary N) is 1. The van der Waals surface area contributed by atoms with Crippen molar-refractivity contribution in [2.45, 2.75) is 32.2 Å². The number of hydrogen-bond acceptors (Lipinski definition) is 2. The van der Waals surface area contributed by atoms with E-state index in [0.717, 1.165) is 0 Å². The lowest BCUT2D eigenvalue weighted by molar-refractivity contribution is 0.144. The smallest absolute Gasteiger partial charge is 0.282 e. The fourth-order valence-corrected chi connectivity index (χ4v) is 2.21. The van der Waals surface area contributed by atoms with E-state index in [1.807, 2.05) is 13.8 Å². The van der Waals surface area contributed by atoms with Gasteiger partial charge in [0.25, 0.3) is 6.43 Å². The highest BCUT2D eigenvalue weighted by Gasteiger charge is 2.57. The molecule has 0 aromatic carbocycles. The molecule has 84 valence electrons. The van der Waals surface area contributed by atoms with E-state index in [-0.39, 0.29) is 23.1 Å². The van der Waals surface area contributed by atoms with Crippen molar-refractivity contribution in [2.24, 2.45) is 18.2 Å². The molecule has 2 rings (SSSR count). The maximum Gasteiger partial charge on any atom is 0.282 e. The summed E-state index contributed by atoms with van der Waals surface area (Å²) >= 11 is 0. The van der Waals surface area contributed by atoms with Crippen molar-refractivity contribution in [3.63, 3.8) is 0 Å². The van der Waals surface area contributed by atoms with Crippen LogP contribution in [0.5, 0.6) is 0 Å². The maximum atomic E-state index is 12.7. The third kappa shape index (κ3) is 1.45. The van der Waals surface area contributed by atoms with Crippen molar-refractivity contribution < 1.29 is 8.78 Å². The van der Waals surface area contributed by atoms with Gasteiger partial charge >= 0.3 is 0 Å². The molecule has 0 amide bonds. The van der Waals surface area contributed by atoms with Crippen LogP contribution >= 0.6 is 0 Å². The Morgan fingerprint density at radius 2 is 2.07 bits per heavy atom. The van der Waals surface area contributed by atoms with Gasteiger partial charge in [0.1, 0.15) is 5.69 Å². The second kappa shape index (κ2) is 3.01. The lowest BCUT2D eigenvalue weighted by atomic mass is 10.0. The molecule has 3 nitrogen and oxygen atoms in total. The molecular formula is C10H15F2N3. The number of aryl methyl sites for hydroxylation is 1. The van der Waals surface area contributed by atoms with Crippen LogP contribution in [0.4, 0.5) is 8.78 Å². The van der Waals surface area contributed by atoms with Gasteiger partial charge in [0.05, 0.1) is 0 Å². The van der Waals surface area contributed by atoms with Crippen LogP contribution in [0.2, 0.25) is 0 Å². The highest BCUT2D eigenvalue weighted by atomic mass is 19.3. The van der Waals surface area contributed by atoms with E-state index >= 15 is 0 Å². The van der Waals surface area contributed by atoms with E-state index in [9.17, 15) is 8.78 Å². The van der Waals surface area contributed by atoms with E-state index in [1.165, 1.54) is 4.68 Å². The Labute approximate surface area is 87.3 Å². The molecule has 2 atom stereocenters. The van der Waals surface area contributed by atoms with Crippen LogP contribution in [0.3, 0.4) is 0 Å². The van der Waals surface area contributed by atoms with Crippen molar-refractivity contribution in [1.82, 2.24) is 9.78 Å². The molecule has 0 aliphatic heterocycles. The molecule has 1 saturated carbocycles. The molecule has 0 radical (unpaired) electrons. The van der Waals surface area contributed by atoms with Gasteiger partial charge in [-0.2, -0.15) is 5.10 Å². The Kier molecular flexibility index (Phi) is 2.12. The molecule has 1 aromatic rings. The van der Waals surface area contributed by atoms with E-state index in [4.69, 9.17) is 5.73 Å². The Bertz CT molecular complexity index is 384. The SMILES string of the molecule is Cn1cc([C@@H]2[C@@H](N)C2(C)C)c(C(F)F)n1. The minimum Gasteiger partial charge on any atom is -0.327 e. The van der Waals surface area contributed by atoms with Crippen LogP contribution < -0.4 is 5.73 Å². The highest BCUT2D eigenvalue weighted by molar-refractivity contribution is 5.36. The van der Waals surface area contributed by atoms with Crippen molar-refractivity contribution in [1.29, 1.82) is 0 Å². The summed E-state index contributed by atoms with van der Waals surface area (Å²) in [4.78, 5) is 0. The van der Waals surface area contributed by atoms with E-state index in [1.54, 1.807) is 13.2 Å². The monoisotopic (exact) mass is 215 g/mol. The Morgan fingerprint density at radius 3 is 2.47 bits per heavy atom. The van der Waals surface area contributed by atoms with Gasteiger partial charge in [0, 0.05) is 30.8 Å². The van der Waals surface area contributed by atoms with Gasteiger partial charge in [-0.3, -0.25) is 4.68 Å². The quantitative estimate of drug-likeness (QED) is 0.817. The number of alkyl halides is 2. The lowest BCUT2D eigenvalue weighted by Crippen LogP contribution is -2.06. The van der Waals surface area contributed by atoms with Gasteiger partial charge < -0.3 is 5.73 Å². The predicted molar refractivity (Wildman–Crippen MR) is 52.7 cm³/mol. The summed E-state index contributed by atoms with van der Waals surface area (Å²) in [5.74, 6) is 0.00944. The molecule has 0 bridgehead atoms. The normalized spacial score (nSPS) is 28.5. The summed E-state index contributed by atoms with van der Waals surface area (Å²) < 4.78 is 26.8. The zero-order valence-electron chi connectivity index (χ0n) is 9.04. The third-order valence-electron chi connectivity index (χ3n) is 3.34. The van der Waals surface area contributed by atoms with Crippen LogP contribution in [0, 0.1) is 5.41 Å². The second-order valence-electron chi connectivity index (χ2n) is 4.77. The van der Waals surface area contributed by atoms with Gasteiger partial charge in [0.2, 0.25) is 0 Å². The van der Waals surface area contributed by atoms with Crippen molar-refractivity contribution in [2.75, 3.05) is 0 Å². The van der Waals surface area contributed by atoms with Crippen LogP contribution in [0.25, 0.3) is 0 Å². The molecule has 1 heterocycles. The summed E-state index contributed by atoms with van der Waals surface area (Å²) in [5, 5.41) is 3.78. The summed E-state index contributed by atoms with van der Waals surface area (Å²) in [6.45, 7) is 3.98. The molecular weight excluding hydrogens is 200 g/mol. The van der Waals surface area contributed by atoms with Crippen LogP contribution in [0.15, 0.2) is 6.20 Å². The highest BCUT2D eigenvalue weighted by Crippen LogP contribution is 2.58. The van der Waals surface area contributed by atoms with Gasteiger partial charge in [-0.25, -0.2) is 8.78 Å². The first-order valence-electron chi connectivity index (χ1n) is 4.93. The Hall–Kier alpha value is -0.970. The number of aromatic nitrogens is 2. The number of hydrogen-bond donors (Lipinski definition) is 1. The van der Waals surface area contributed by atoms with Crippen LogP contribution in [-0.4, -0.2) is 15.8 Å². The molecule has 0 saturated heterocycles. The second-order valence-corrected chi connectivity index (χ2v) is 4.77. The molecule has 1 fully saturated rings. The standard InChI is InChI=1S/C10H15F2N3/c1-10(2)6(8(10)13)5-4-15(3)14-7(5)9(11)12/h4,6,8-9H,13H2,1-3H3/t6-,8-/m1/s1. The van der Waals surface area contributed by atoms with E-state index in [0.29, 0.717) is 5.56 Å². The zero-order valence-corrected chi connectivity index (χ0v) is 9.04. The number of rotatable bonds is 2. The van der Waals surface area contributed by atoms with E-state index < -0.39 is 6.43 Å². The first-order chi connectivity index (χ1) is 6.85. The lowest BCUT2D eigenvalue weighted by Gasteiger charge is -2.01. The molecule has 1 aliphatic rings. The van der Waals surface area contributed by atoms with Crippen molar-refractivity contribution in [3.05, 3.63) is 17.5 Å². The minimum atomic E-state index is -2.52. The van der Waals surface area contributed by atoms with Crippen LogP contribution in [0.1, 0.15) is 37.4 Å². The molecule has 5 heteroatoms. The largest absolute Gasteiger partial charge is 0.327 e. The molecule has 15 heavy (non-hydrogen) atoms. The van der Waals surface area contributed by atoms with Gasteiger partial charge in [0.15, 0.2) is 0 Å². The van der Waals surface area contributed by atoms with Gasteiger partial charge in [-0.05, 0) is 5.41 Å². The maximum absolute atomic E-state index is 12.7. The van der Waals surface area contributed by atoms with Crippen molar-refractivity contribution in [3.8, 4) is 0 Å². The summed E-state index contributed by atoms with van der Waals surface area (Å²) in [6.07, 6.45) is -0.870. The third-order valence-corrected chi connectivity index (χ3v) is 3.34. The first kappa shape index (κ1) is 10.5. The zero-order chi connectivity index (χ0) is 11.4. The average Bonchev–Trinajstić information content (AvgIpc) is 2.46. The molecule has 0 unspecified atom stereocenters. The summed E-state index contributed by atoms with van der Waals surface area (Å²) in [5.41, 5.74) is 6.26. The topological polar surface area (TPSA) is 43.8 Å². The van der Waals surface area contributed by atoms with Crippen LogP contribution in [-0.2, 0) is 7.05 Å². The first-order valence-corrected chi connectivity index (χ1v) is 4.93. The fraction of sp³-hybridized carbons (Fsp3) is 0.700. The molecule has 1 aromatic heterocycles. The summed E-state index contributed by atoms with van der Waals surface area (Å²) in [7, 11) is 1.65. The fourth-order valence-electron chi connectivity index (χ4n) is 2.21. The Balaban J connectivity index is 2.37. The molecule has 2 N–H and O–H groups in total.